The van der Waals surface area contributed by atoms with E-state index in [4.69, 9.17) is 10.8 Å². The Hall–Kier alpha value is -0.740. The van der Waals surface area contributed by atoms with Crippen molar-refractivity contribution >= 4 is 11.6 Å². The summed E-state index contributed by atoms with van der Waals surface area (Å²) in [6.07, 6.45) is -0.922. The molecule has 11 heavy (non-hydrogen) atoms. The molecule has 4 nitrogen and oxygen atoms in total. The number of nitrogens with two attached hydrogens (primary N) is 1. The number of aliphatic hydroxyl groups excluding tert-OH is 1. The summed E-state index contributed by atoms with van der Waals surface area (Å²) in [5, 5.41) is 8.88. The monoisotopic (exact) mass is 159 g/mol. The van der Waals surface area contributed by atoms with Crippen LogP contribution in [0, 0.1) is 0 Å². The van der Waals surface area contributed by atoms with Gasteiger partial charge in [0.25, 0.3) is 0 Å². The van der Waals surface area contributed by atoms with Crippen molar-refractivity contribution in [2.24, 2.45) is 5.73 Å². The summed E-state index contributed by atoms with van der Waals surface area (Å²) < 4.78 is 0. The van der Waals surface area contributed by atoms with Crippen molar-refractivity contribution in [3.8, 4) is 0 Å². The van der Waals surface area contributed by atoms with Gasteiger partial charge in [-0.05, 0) is 6.92 Å². The second-order valence-corrected chi connectivity index (χ2v) is 2.51. The third-order valence-electron chi connectivity index (χ3n) is 1.18. The van der Waals surface area contributed by atoms with Crippen LogP contribution in [0.25, 0.3) is 0 Å². The van der Waals surface area contributed by atoms with Crippen molar-refractivity contribution in [3.63, 3.8) is 0 Å². The van der Waals surface area contributed by atoms with Crippen LogP contribution in [-0.2, 0) is 9.59 Å². The maximum absolute atomic E-state index is 10.8. The first kappa shape index (κ1) is 10.3. The molecule has 0 aromatic heterocycles. The van der Waals surface area contributed by atoms with Gasteiger partial charge in [0, 0.05) is 13.0 Å². The fourth-order valence-corrected chi connectivity index (χ4v) is 0.696. The van der Waals surface area contributed by atoms with E-state index in [2.05, 4.69) is 0 Å². The van der Waals surface area contributed by atoms with Gasteiger partial charge in [-0.25, -0.2) is 0 Å². The Morgan fingerprint density at radius 3 is 2.45 bits per heavy atom. The molecule has 3 N–H and O–H groups in total. The summed E-state index contributed by atoms with van der Waals surface area (Å²) >= 11 is 0. The van der Waals surface area contributed by atoms with Gasteiger partial charge in [-0.3, -0.25) is 9.59 Å². The molecule has 0 spiro atoms. The van der Waals surface area contributed by atoms with Gasteiger partial charge < -0.3 is 10.8 Å². The maximum atomic E-state index is 10.8. The molecule has 0 aromatic rings. The van der Waals surface area contributed by atoms with Crippen molar-refractivity contribution in [2.45, 2.75) is 25.9 Å². The summed E-state index contributed by atoms with van der Waals surface area (Å²) in [6, 6.07) is 0. The largest absolute Gasteiger partial charge is 0.391 e. The first-order valence-corrected chi connectivity index (χ1v) is 3.45. The van der Waals surface area contributed by atoms with Crippen LogP contribution in [-0.4, -0.2) is 29.3 Å². The molecule has 0 aliphatic carbocycles. The molecule has 0 saturated heterocycles. The Labute approximate surface area is 65.4 Å². The average Bonchev–Trinajstić information content (AvgIpc) is 1.85. The molecular weight excluding hydrogens is 146 g/mol. The van der Waals surface area contributed by atoms with Gasteiger partial charge in [0.05, 0.1) is 12.5 Å². The van der Waals surface area contributed by atoms with Crippen LogP contribution in [0.15, 0.2) is 0 Å². The molecule has 4 heteroatoms. The third-order valence-corrected chi connectivity index (χ3v) is 1.18. The molecule has 1 unspecified atom stereocenters. The van der Waals surface area contributed by atoms with E-state index in [0.29, 0.717) is 0 Å². The van der Waals surface area contributed by atoms with Gasteiger partial charge in [0.2, 0.25) is 0 Å². The van der Waals surface area contributed by atoms with E-state index in [1.165, 1.54) is 6.92 Å². The minimum atomic E-state index is -0.804. The van der Waals surface area contributed by atoms with Gasteiger partial charge in [-0.1, -0.05) is 0 Å². The molecule has 0 aromatic carbocycles. The maximum Gasteiger partial charge on any atom is 0.142 e. The van der Waals surface area contributed by atoms with Crippen LogP contribution in [0.4, 0.5) is 0 Å². The number of ketones is 2. The molecule has 0 radical (unpaired) electrons. The topological polar surface area (TPSA) is 80.4 Å². The quantitative estimate of drug-likeness (QED) is 0.517. The lowest BCUT2D eigenvalue weighted by Crippen LogP contribution is -2.23. The summed E-state index contributed by atoms with van der Waals surface area (Å²) in [7, 11) is 0. The summed E-state index contributed by atoms with van der Waals surface area (Å²) in [6.45, 7) is 1.40. The number of carbonyl (C=O) groups is 2. The lowest BCUT2D eigenvalue weighted by atomic mass is 10.1. The van der Waals surface area contributed by atoms with E-state index in [1.54, 1.807) is 0 Å². The highest BCUT2D eigenvalue weighted by atomic mass is 16.3. The summed E-state index contributed by atoms with van der Waals surface area (Å²) in [5.41, 5.74) is 5.06. The Bertz CT molecular complexity index is 156. The predicted octanol–water partition coefficient (Wildman–Crippen LogP) is -0.756. The minimum absolute atomic E-state index is 0.0178. The molecule has 0 saturated carbocycles. The Morgan fingerprint density at radius 1 is 1.55 bits per heavy atom. The summed E-state index contributed by atoms with van der Waals surface area (Å²) in [4.78, 5) is 21.2. The van der Waals surface area contributed by atoms with E-state index in [-0.39, 0.29) is 31.0 Å². The second-order valence-electron chi connectivity index (χ2n) is 2.51. The zero-order valence-electron chi connectivity index (χ0n) is 6.54. The zero-order chi connectivity index (χ0) is 8.85. The lowest BCUT2D eigenvalue weighted by Gasteiger charge is -2.04. The van der Waals surface area contributed by atoms with E-state index >= 15 is 0 Å². The first-order chi connectivity index (χ1) is 5.06. The fraction of sp³-hybridized carbons (Fsp3) is 0.714. The summed E-state index contributed by atoms with van der Waals surface area (Å²) in [5.74, 6) is -0.435. The molecule has 0 aliphatic heterocycles. The van der Waals surface area contributed by atoms with Crippen molar-refractivity contribution in [1.29, 1.82) is 0 Å². The number of hydrogen-bond donors (Lipinski definition) is 2. The van der Waals surface area contributed by atoms with Crippen molar-refractivity contribution in [1.82, 2.24) is 0 Å². The molecule has 0 amide bonds. The molecule has 0 fully saturated rings. The van der Waals surface area contributed by atoms with Crippen molar-refractivity contribution in [2.75, 3.05) is 6.54 Å². The smallest absolute Gasteiger partial charge is 0.142 e. The van der Waals surface area contributed by atoms with E-state index in [1.807, 2.05) is 0 Å². The minimum Gasteiger partial charge on any atom is -0.391 e. The molecule has 1 atom stereocenters. The van der Waals surface area contributed by atoms with Crippen LogP contribution >= 0.6 is 0 Å². The van der Waals surface area contributed by atoms with Crippen LogP contribution < -0.4 is 5.73 Å². The third kappa shape index (κ3) is 5.69. The van der Waals surface area contributed by atoms with E-state index in [9.17, 15) is 9.59 Å². The molecule has 0 bridgehead atoms. The Morgan fingerprint density at radius 2 is 2.09 bits per heavy atom. The Balaban J connectivity index is 3.60. The first-order valence-electron chi connectivity index (χ1n) is 3.45. The molecule has 0 aliphatic rings. The number of carbonyl (C=O) groups excluding carboxylic acids is 2. The number of aliphatic hydroxyl groups is 1. The van der Waals surface area contributed by atoms with Crippen LogP contribution in [0.3, 0.4) is 0 Å². The number of Topliss-reactive ketones (excluding diaryl/α,β-unsaturated/α-hetero) is 2. The second kappa shape index (κ2) is 4.98. The van der Waals surface area contributed by atoms with Gasteiger partial charge in [-0.15, -0.1) is 0 Å². The number of hydrogen-bond acceptors (Lipinski definition) is 4. The predicted molar refractivity (Wildman–Crippen MR) is 40.0 cm³/mol. The van der Waals surface area contributed by atoms with E-state index in [0.717, 1.165) is 0 Å². The van der Waals surface area contributed by atoms with Gasteiger partial charge >= 0.3 is 0 Å². The van der Waals surface area contributed by atoms with Crippen LogP contribution in [0.5, 0.6) is 0 Å². The van der Waals surface area contributed by atoms with Gasteiger partial charge in [0.1, 0.15) is 11.6 Å². The van der Waals surface area contributed by atoms with Crippen LogP contribution in [0.2, 0.25) is 0 Å². The SMILES string of the molecule is CC(=O)CC(=O)CC(O)CN. The number of rotatable bonds is 5. The van der Waals surface area contributed by atoms with Crippen LogP contribution in [0.1, 0.15) is 19.8 Å². The van der Waals surface area contributed by atoms with Gasteiger partial charge in [-0.2, -0.15) is 0 Å². The molecular formula is C7H13NO3. The highest BCUT2D eigenvalue weighted by Gasteiger charge is 2.10. The lowest BCUT2D eigenvalue weighted by molar-refractivity contribution is -0.126. The van der Waals surface area contributed by atoms with Crippen molar-refractivity contribution in [3.05, 3.63) is 0 Å². The fourth-order valence-electron chi connectivity index (χ4n) is 0.696. The highest BCUT2D eigenvalue weighted by Crippen LogP contribution is 1.95. The zero-order valence-corrected chi connectivity index (χ0v) is 6.54. The standard InChI is InChI=1S/C7H13NO3/c1-5(9)2-6(10)3-7(11)4-8/h7,11H,2-4,8H2,1H3. The normalized spacial score (nSPS) is 12.6. The highest BCUT2D eigenvalue weighted by molar-refractivity contribution is 5.98. The molecule has 64 valence electrons. The van der Waals surface area contributed by atoms with Gasteiger partial charge in [0.15, 0.2) is 0 Å². The average molecular weight is 159 g/mol. The Kier molecular flexibility index (Phi) is 4.65. The van der Waals surface area contributed by atoms with E-state index < -0.39 is 6.10 Å². The molecule has 0 rings (SSSR count). The van der Waals surface area contributed by atoms with Crippen molar-refractivity contribution < 1.29 is 14.7 Å². The molecule has 0 heterocycles.